The van der Waals surface area contributed by atoms with Crippen molar-refractivity contribution in [3.05, 3.63) is 17.0 Å². The predicted octanol–water partition coefficient (Wildman–Crippen LogP) is 2.63. The zero-order valence-electron chi connectivity index (χ0n) is 18.1. The number of aliphatic hydroxyl groups excluding tert-OH is 1. The van der Waals surface area contributed by atoms with Gasteiger partial charge in [0.25, 0.3) is 5.91 Å². The molecule has 1 saturated carbocycles. The van der Waals surface area contributed by atoms with Crippen LogP contribution in [0.15, 0.2) is 0 Å². The molecule has 158 valence electrons. The highest BCUT2D eigenvalue weighted by Gasteiger charge is 2.31. The van der Waals surface area contributed by atoms with E-state index in [1.165, 1.54) is 37.8 Å². The molecule has 0 bridgehead atoms. The summed E-state index contributed by atoms with van der Waals surface area (Å²) in [5.41, 5.74) is 2.92. The van der Waals surface area contributed by atoms with Gasteiger partial charge in [0.1, 0.15) is 0 Å². The minimum Gasteiger partial charge on any atom is -0.396 e. The number of hydrogen-bond acceptors (Lipinski definition) is 4. The molecule has 0 aromatic carbocycles. The molecule has 2 N–H and O–H groups in total. The number of fused-ring (bicyclic) bond motifs is 1. The van der Waals surface area contributed by atoms with Gasteiger partial charge in [0.05, 0.1) is 0 Å². The smallest absolute Gasteiger partial charge is 0.274 e. The standard InChI is InChI=1S/C22H38N4O2/c1-22(2,15-27)14-23-17-10-11-19-18(12-17)20(21(28)25(3)4)24-26(19)13-16-8-6-5-7-9-16/h16-17,23,27H,5-15H2,1-4H3. The largest absolute Gasteiger partial charge is 0.396 e. The first-order valence-electron chi connectivity index (χ1n) is 10.9. The number of aliphatic hydroxyl groups is 1. The first-order valence-corrected chi connectivity index (χ1v) is 10.9. The van der Waals surface area contributed by atoms with E-state index in [1.54, 1.807) is 19.0 Å². The zero-order valence-corrected chi connectivity index (χ0v) is 18.1. The van der Waals surface area contributed by atoms with Gasteiger partial charge in [-0.15, -0.1) is 0 Å². The molecule has 1 aromatic rings. The number of hydrogen-bond donors (Lipinski definition) is 2. The van der Waals surface area contributed by atoms with Gasteiger partial charge in [-0.2, -0.15) is 5.10 Å². The minimum atomic E-state index is -0.131. The predicted molar refractivity (Wildman–Crippen MR) is 112 cm³/mol. The van der Waals surface area contributed by atoms with Crippen molar-refractivity contribution in [2.24, 2.45) is 11.3 Å². The Morgan fingerprint density at radius 2 is 1.96 bits per heavy atom. The maximum Gasteiger partial charge on any atom is 0.274 e. The molecule has 3 rings (SSSR count). The summed E-state index contributed by atoms with van der Waals surface area (Å²) in [6.07, 6.45) is 9.44. The molecular weight excluding hydrogens is 352 g/mol. The average Bonchev–Trinajstić information content (AvgIpc) is 3.04. The van der Waals surface area contributed by atoms with E-state index < -0.39 is 0 Å². The monoisotopic (exact) mass is 390 g/mol. The van der Waals surface area contributed by atoms with E-state index in [0.717, 1.165) is 37.9 Å². The summed E-state index contributed by atoms with van der Waals surface area (Å²) in [5, 5.41) is 18.0. The lowest BCUT2D eigenvalue weighted by Crippen LogP contribution is -2.42. The van der Waals surface area contributed by atoms with Gasteiger partial charge >= 0.3 is 0 Å². The molecule has 1 fully saturated rings. The van der Waals surface area contributed by atoms with Crippen LogP contribution in [0.25, 0.3) is 0 Å². The van der Waals surface area contributed by atoms with E-state index in [-0.39, 0.29) is 17.9 Å². The highest BCUT2D eigenvalue weighted by molar-refractivity contribution is 5.93. The van der Waals surface area contributed by atoms with Crippen LogP contribution in [0.1, 0.15) is 74.1 Å². The third-order valence-electron chi connectivity index (χ3n) is 6.41. The lowest BCUT2D eigenvalue weighted by Gasteiger charge is -2.30. The van der Waals surface area contributed by atoms with E-state index in [4.69, 9.17) is 5.10 Å². The molecule has 2 aliphatic carbocycles. The molecule has 1 amide bonds. The molecule has 0 radical (unpaired) electrons. The molecule has 1 heterocycles. The number of rotatable bonds is 7. The Bertz CT molecular complexity index is 674. The van der Waals surface area contributed by atoms with Gasteiger partial charge in [0.2, 0.25) is 0 Å². The third kappa shape index (κ3) is 4.95. The van der Waals surface area contributed by atoms with Crippen molar-refractivity contribution in [1.82, 2.24) is 20.0 Å². The molecule has 1 unspecified atom stereocenters. The van der Waals surface area contributed by atoms with Crippen LogP contribution in [0, 0.1) is 11.3 Å². The van der Waals surface area contributed by atoms with Crippen molar-refractivity contribution >= 4 is 5.91 Å². The molecule has 28 heavy (non-hydrogen) atoms. The summed E-state index contributed by atoms with van der Waals surface area (Å²) in [4.78, 5) is 14.4. The Morgan fingerprint density at radius 3 is 2.61 bits per heavy atom. The Kier molecular flexibility index (Phi) is 6.81. The van der Waals surface area contributed by atoms with Crippen LogP contribution in [0.2, 0.25) is 0 Å². The summed E-state index contributed by atoms with van der Waals surface area (Å²) in [5.74, 6) is 0.705. The SMILES string of the molecule is CN(C)C(=O)c1nn(CC2CCCCC2)c2c1CC(NCC(C)(C)CO)CC2. The fourth-order valence-electron chi connectivity index (χ4n) is 4.49. The fraction of sp³-hybridized carbons (Fsp3) is 0.818. The lowest BCUT2D eigenvalue weighted by atomic mass is 9.88. The van der Waals surface area contributed by atoms with Gasteiger partial charge in [0, 0.05) is 56.5 Å². The van der Waals surface area contributed by atoms with Crippen molar-refractivity contribution < 1.29 is 9.90 Å². The molecule has 0 spiro atoms. The number of nitrogens with zero attached hydrogens (tertiary/aromatic N) is 3. The highest BCUT2D eigenvalue weighted by Crippen LogP contribution is 2.30. The third-order valence-corrected chi connectivity index (χ3v) is 6.41. The second kappa shape index (κ2) is 8.95. The molecule has 6 heteroatoms. The van der Waals surface area contributed by atoms with E-state index in [9.17, 15) is 9.90 Å². The summed E-state index contributed by atoms with van der Waals surface area (Å²) < 4.78 is 2.16. The van der Waals surface area contributed by atoms with Crippen LogP contribution in [0.4, 0.5) is 0 Å². The molecule has 2 aliphatic rings. The van der Waals surface area contributed by atoms with Crippen molar-refractivity contribution in [3.63, 3.8) is 0 Å². The lowest BCUT2D eigenvalue weighted by molar-refractivity contribution is 0.0819. The second-order valence-corrected chi connectivity index (χ2v) is 9.80. The molecule has 1 aromatic heterocycles. The van der Waals surface area contributed by atoms with Crippen molar-refractivity contribution in [3.8, 4) is 0 Å². The minimum absolute atomic E-state index is 0.00924. The quantitative estimate of drug-likeness (QED) is 0.751. The van der Waals surface area contributed by atoms with Crippen LogP contribution >= 0.6 is 0 Å². The van der Waals surface area contributed by atoms with Gasteiger partial charge in [0.15, 0.2) is 5.69 Å². The zero-order chi connectivity index (χ0) is 20.3. The summed E-state index contributed by atoms with van der Waals surface area (Å²) in [6.45, 7) is 6.03. The van der Waals surface area contributed by atoms with E-state index >= 15 is 0 Å². The van der Waals surface area contributed by atoms with E-state index in [0.29, 0.717) is 17.7 Å². The first-order chi connectivity index (χ1) is 13.3. The molecule has 6 nitrogen and oxygen atoms in total. The Hall–Kier alpha value is -1.40. The van der Waals surface area contributed by atoms with Gasteiger partial charge in [-0.25, -0.2) is 0 Å². The maximum absolute atomic E-state index is 12.8. The van der Waals surface area contributed by atoms with Gasteiger partial charge in [-0.05, 0) is 38.0 Å². The number of nitrogens with one attached hydrogen (secondary N) is 1. The Balaban J connectivity index is 1.79. The van der Waals surface area contributed by atoms with Crippen molar-refractivity contribution in [2.75, 3.05) is 27.2 Å². The number of carbonyl (C=O) groups is 1. The van der Waals surface area contributed by atoms with Gasteiger partial charge in [-0.1, -0.05) is 33.1 Å². The molecule has 0 saturated heterocycles. The van der Waals surface area contributed by atoms with Crippen LogP contribution in [0.5, 0.6) is 0 Å². The van der Waals surface area contributed by atoms with Gasteiger partial charge in [-0.3, -0.25) is 9.48 Å². The fourth-order valence-corrected chi connectivity index (χ4v) is 4.49. The van der Waals surface area contributed by atoms with Crippen LogP contribution in [-0.4, -0.2) is 59.0 Å². The van der Waals surface area contributed by atoms with Crippen LogP contribution in [0.3, 0.4) is 0 Å². The molecule has 0 aliphatic heterocycles. The summed E-state index contributed by atoms with van der Waals surface area (Å²) in [6, 6.07) is 0.333. The van der Waals surface area contributed by atoms with Crippen LogP contribution < -0.4 is 5.32 Å². The summed E-state index contributed by atoms with van der Waals surface area (Å²) in [7, 11) is 3.61. The Labute approximate surface area is 169 Å². The van der Waals surface area contributed by atoms with Gasteiger partial charge < -0.3 is 15.3 Å². The molecular formula is C22H38N4O2. The van der Waals surface area contributed by atoms with Crippen LogP contribution in [-0.2, 0) is 19.4 Å². The number of aromatic nitrogens is 2. The van der Waals surface area contributed by atoms with Crippen molar-refractivity contribution in [1.29, 1.82) is 0 Å². The Morgan fingerprint density at radius 1 is 1.25 bits per heavy atom. The highest BCUT2D eigenvalue weighted by atomic mass is 16.3. The second-order valence-electron chi connectivity index (χ2n) is 9.80. The molecule has 1 atom stereocenters. The summed E-state index contributed by atoms with van der Waals surface area (Å²) >= 11 is 0. The normalized spacial score (nSPS) is 20.8. The average molecular weight is 391 g/mol. The van der Waals surface area contributed by atoms with E-state index in [1.807, 2.05) is 0 Å². The first kappa shape index (κ1) is 21.3. The van der Waals surface area contributed by atoms with E-state index in [2.05, 4.69) is 23.8 Å². The maximum atomic E-state index is 12.8. The topological polar surface area (TPSA) is 70.4 Å². The number of carbonyl (C=O) groups excluding carboxylic acids is 1. The van der Waals surface area contributed by atoms with Crippen molar-refractivity contribution in [2.45, 2.75) is 77.8 Å². The number of amides is 1.